The molecule has 1 heterocycles. The molecule has 0 bridgehead atoms. The number of nitro groups is 1. The van der Waals surface area contributed by atoms with E-state index in [1.165, 1.54) is 23.5 Å². The summed E-state index contributed by atoms with van der Waals surface area (Å²) in [4.78, 5) is 28.9. The summed E-state index contributed by atoms with van der Waals surface area (Å²) in [6, 6.07) is 11.7. The maximum Gasteiger partial charge on any atom is 0.270 e. The van der Waals surface area contributed by atoms with E-state index in [1.807, 2.05) is 31.1 Å². The zero-order chi connectivity index (χ0) is 17.3. The van der Waals surface area contributed by atoms with Crippen LogP contribution in [0.5, 0.6) is 0 Å². The number of anilines is 2. The Bertz CT molecular complexity index is 936. The number of carbonyl (C=O) groups excluding carboxylic acids is 1. The average Bonchev–Trinajstić information content (AvgIpc) is 2.96. The van der Waals surface area contributed by atoms with Crippen LogP contribution >= 0.6 is 11.3 Å². The number of nitrogens with zero attached hydrogens (tertiary/aromatic N) is 3. The van der Waals surface area contributed by atoms with E-state index in [0.29, 0.717) is 20.9 Å². The van der Waals surface area contributed by atoms with Gasteiger partial charge in [-0.3, -0.25) is 20.2 Å². The molecule has 3 aromatic rings. The number of amides is 1. The van der Waals surface area contributed by atoms with E-state index < -0.39 is 4.92 Å². The Morgan fingerprint density at radius 2 is 2.04 bits per heavy atom. The molecule has 3 rings (SSSR count). The number of hydrogen-bond donors (Lipinski definition) is 1. The van der Waals surface area contributed by atoms with Crippen LogP contribution in [0.2, 0.25) is 0 Å². The van der Waals surface area contributed by atoms with Gasteiger partial charge in [0.15, 0.2) is 5.13 Å². The summed E-state index contributed by atoms with van der Waals surface area (Å²) in [5, 5.41) is 14.0. The van der Waals surface area contributed by atoms with Crippen molar-refractivity contribution in [1.29, 1.82) is 0 Å². The van der Waals surface area contributed by atoms with E-state index in [0.717, 1.165) is 5.69 Å². The minimum atomic E-state index is -0.454. The SMILES string of the molecule is CN(C)c1cccc(C(=O)Nc2nc3ccc([N+](=O)[O-])cc3s2)c1. The summed E-state index contributed by atoms with van der Waals surface area (Å²) < 4.78 is 0.654. The first-order chi connectivity index (χ1) is 11.4. The van der Waals surface area contributed by atoms with Gasteiger partial charge >= 0.3 is 0 Å². The van der Waals surface area contributed by atoms with Gasteiger partial charge in [-0.25, -0.2) is 4.98 Å². The molecule has 1 amide bonds. The van der Waals surface area contributed by atoms with Gasteiger partial charge in [0.05, 0.1) is 15.1 Å². The molecule has 0 fully saturated rings. The van der Waals surface area contributed by atoms with Gasteiger partial charge in [0.1, 0.15) is 0 Å². The van der Waals surface area contributed by atoms with Gasteiger partial charge in [0, 0.05) is 37.5 Å². The van der Waals surface area contributed by atoms with Crippen molar-refractivity contribution in [2.24, 2.45) is 0 Å². The fourth-order valence-electron chi connectivity index (χ4n) is 2.17. The van der Waals surface area contributed by atoms with E-state index in [1.54, 1.807) is 18.2 Å². The van der Waals surface area contributed by atoms with Gasteiger partial charge in [0.2, 0.25) is 0 Å². The first-order valence-corrected chi connectivity index (χ1v) is 7.89. The quantitative estimate of drug-likeness (QED) is 0.579. The van der Waals surface area contributed by atoms with Crippen LogP contribution in [0.3, 0.4) is 0 Å². The number of non-ortho nitro benzene ring substituents is 1. The molecule has 0 saturated heterocycles. The topological polar surface area (TPSA) is 88.4 Å². The lowest BCUT2D eigenvalue weighted by atomic mass is 10.2. The highest BCUT2D eigenvalue weighted by Gasteiger charge is 2.13. The highest BCUT2D eigenvalue weighted by molar-refractivity contribution is 7.22. The number of hydrogen-bond acceptors (Lipinski definition) is 6. The number of rotatable bonds is 4. The van der Waals surface area contributed by atoms with Crippen molar-refractivity contribution in [3.05, 3.63) is 58.1 Å². The lowest BCUT2D eigenvalue weighted by Gasteiger charge is -2.13. The summed E-state index contributed by atoms with van der Waals surface area (Å²) in [5.41, 5.74) is 2.06. The Morgan fingerprint density at radius 1 is 1.25 bits per heavy atom. The fraction of sp³-hybridized carbons (Fsp3) is 0.125. The third kappa shape index (κ3) is 3.18. The second-order valence-corrected chi connectivity index (χ2v) is 6.36. The monoisotopic (exact) mass is 342 g/mol. The summed E-state index contributed by atoms with van der Waals surface area (Å²) in [5.74, 6) is -0.271. The van der Waals surface area contributed by atoms with Crippen molar-refractivity contribution >= 4 is 44.0 Å². The van der Waals surface area contributed by atoms with Gasteiger partial charge in [0.25, 0.3) is 11.6 Å². The highest BCUT2D eigenvalue weighted by atomic mass is 32.1. The lowest BCUT2D eigenvalue weighted by Crippen LogP contribution is -2.14. The second-order valence-electron chi connectivity index (χ2n) is 5.33. The average molecular weight is 342 g/mol. The van der Waals surface area contributed by atoms with Crippen LogP contribution in [0, 0.1) is 10.1 Å². The number of nitro benzene ring substituents is 1. The molecule has 0 aliphatic heterocycles. The van der Waals surface area contributed by atoms with Gasteiger partial charge in [-0.2, -0.15) is 0 Å². The number of benzene rings is 2. The third-order valence-corrected chi connectivity index (χ3v) is 4.36. The van der Waals surface area contributed by atoms with Gasteiger partial charge in [-0.05, 0) is 24.3 Å². The van der Waals surface area contributed by atoms with Crippen molar-refractivity contribution in [1.82, 2.24) is 4.98 Å². The van der Waals surface area contributed by atoms with Crippen LogP contribution in [0.4, 0.5) is 16.5 Å². The summed E-state index contributed by atoms with van der Waals surface area (Å²) in [7, 11) is 3.80. The normalized spacial score (nSPS) is 10.6. The van der Waals surface area contributed by atoms with E-state index in [2.05, 4.69) is 10.3 Å². The molecule has 8 heteroatoms. The number of aromatic nitrogens is 1. The minimum absolute atomic E-state index is 0.00251. The van der Waals surface area contributed by atoms with Gasteiger partial charge < -0.3 is 4.90 Å². The van der Waals surface area contributed by atoms with Crippen molar-refractivity contribution in [2.75, 3.05) is 24.3 Å². The Hall–Kier alpha value is -3.00. The van der Waals surface area contributed by atoms with Crippen LogP contribution in [-0.4, -0.2) is 29.9 Å². The Labute approximate surface area is 141 Å². The second kappa shape index (κ2) is 6.25. The van der Waals surface area contributed by atoms with Crippen LogP contribution in [-0.2, 0) is 0 Å². The first-order valence-electron chi connectivity index (χ1n) is 7.08. The Morgan fingerprint density at radius 3 is 2.75 bits per heavy atom. The molecule has 0 unspecified atom stereocenters. The smallest absolute Gasteiger partial charge is 0.270 e. The van der Waals surface area contributed by atoms with Crippen LogP contribution in [0.25, 0.3) is 10.2 Å². The number of fused-ring (bicyclic) bond motifs is 1. The van der Waals surface area contributed by atoms with Crippen molar-refractivity contribution < 1.29 is 9.72 Å². The predicted molar refractivity (Wildman–Crippen MR) is 95.0 cm³/mol. The molecule has 0 saturated carbocycles. The molecule has 1 aromatic heterocycles. The van der Waals surface area contributed by atoms with Crippen molar-refractivity contribution in [2.45, 2.75) is 0 Å². The number of nitrogens with one attached hydrogen (secondary N) is 1. The molecule has 122 valence electrons. The molecule has 0 radical (unpaired) electrons. The molecule has 0 aliphatic carbocycles. The van der Waals surface area contributed by atoms with E-state index in [4.69, 9.17) is 0 Å². The molecule has 1 N–H and O–H groups in total. The van der Waals surface area contributed by atoms with Crippen molar-refractivity contribution in [3.8, 4) is 0 Å². The Balaban J connectivity index is 1.85. The number of carbonyl (C=O) groups is 1. The first kappa shape index (κ1) is 15.9. The molecule has 2 aromatic carbocycles. The molecule has 7 nitrogen and oxygen atoms in total. The molecule has 0 atom stereocenters. The summed E-state index contributed by atoms with van der Waals surface area (Å²) in [6.45, 7) is 0. The molecule has 24 heavy (non-hydrogen) atoms. The number of thiazole rings is 1. The van der Waals surface area contributed by atoms with Crippen LogP contribution in [0.1, 0.15) is 10.4 Å². The van der Waals surface area contributed by atoms with Gasteiger partial charge in [-0.1, -0.05) is 17.4 Å². The molecular weight excluding hydrogens is 328 g/mol. The van der Waals surface area contributed by atoms with E-state index in [9.17, 15) is 14.9 Å². The lowest BCUT2D eigenvalue weighted by molar-refractivity contribution is -0.384. The standard InChI is InChI=1S/C16H14N4O3S/c1-19(2)11-5-3-4-10(8-11)15(21)18-16-17-13-7-6-12(20(22)23)9-14(13)24-16/h3-9H,1-2H3,(H,17,18,21). The van der Waals surface area contributed by atoms with Crippen LogP contribution in [0.15, 0.2) is 42.5 Å². The van der Waals surface area contributed by atoms with E-state index >= 15 is 0 Å². The zero-order valence-electron chi connectivity index (χ0n) is 13.0. The molecule has 0 spiro atoms. The minimum Gasteiger partial charge on any atom is -0.378 e. The fourth-order valence-corrected chi connectivity index (χ4v) is 3.07. The molecule has 0 aliphatic rings. The summed E-state index contributed by atoms with van der Waals surface area (Å²) >= 11 is 1.20. The zero-order valence-corrected chi connectivity index (χ0v) is 13.8. The Kier molecular flexibility index (Phi) is 4.13. The maximum atomic E-state index is 12.4. The maximum absolute atomic E-state index is 12.4. The highest BCUT2D eigenvalue weighted by Crippen LogP contribution is 2.29. The van der Waals surface area contributed by atoms with E-state index in [-0.39, 0.29) is 11.6 Å². The third-order valence-electron chi connectivity index (χ3n) is 3.43. The predicted octanol–water partition coefficient (Wildman–Crippen LogP) is 3.52. The van der Waals surface area contributed by atoms with Crippen LogP contribution < -0.4 is 10.2 Å². The largest absolute Gasteiger partial charge is 0.378 e. The summed E-state index contributed by atoms with van der Waals surface area (Å²) in [6.07, 6.45) is 0. The van der Waals surface area contributed by atoms with Gasteiger partial charge in [-0.15, -0.1) is 0 Å². The van der Waals surface area contributed by atoms with Crippen molar-refractivity contribution in [3.63, 3.8) is 0 Å². The molecular formula is C16H14N4O3S.